The molecule has 1 aliphatic carbocycles. The highest BCUT2D eigenvalue weighted by Gasteiger charge is 2.33. The second-order valence-electron chi connectivity index (χ2n) is 9.42. The molecular formula is C22H36FN2OS+. The van der Waals surface area contributed by atoms with Crippen LogP contribution in [0, 0.1) is 17.2 Å². The van der Waals surface area contributed by atoms with Crippen molar-refractivity contribution in [3.8, 4) is 0 Å². The van der Waals surface area contributed by atoms with Crippen molar-refractivity contribution in [2.45, 2.75) is 51.4 Å². The fraction of sp³-hybridized carbons (Fsp3) is 0.727. The molecule has 0 spiro atoms. The van der Waals surface area contributed by atoms with Crippen LogP contribution >= 0.6 is 12.6 Å². The number of rotatable bonds is 6. The third-order valence-electron chi connectivity index (χ3n) is 6.06. The highest BCUT2D eigenvalue weighted by molar-refractivity contribution is 7.81. The van der Waals surface area contributed by atoms with Gasteiger partial charge in [-0.3, -0.25) is 0 Å². The molecule has 1 saturated carbocycles. The first kappa shape index (κ1) is 20.9. The highest BCUT2D eigenvalue weighted by Crippen LogP contribution is 2.39. The number of nitrogens with zero attached hydrogens (tertiary/aromatic N) is 1. The predicted molar refractivity (Wildman–Crippen MR) is 113 cm³/mol. The molecule has 3 rings (SSSR count). The van der Waals surface area contributed by atoms with Crippen molar-refractivity contribution in [3.05, 3.63) is 30.1 Å². The van der Waals surface area contributed by atoms with Crippen molar-refractivity contribution < 1.29 is 14.0 Å². The smallest absolute Gasteiger partial charge is 0.146 e. The molecular weight excluding hydrogens is 359 g/mol. The lowest BCUT2D eigenvalue weighted by Gasteiger charge is -2.39. The van der Waals surface area contributed by atoms with Gasteiger partial charge in [0.05, 0.1) is 56.4 Å². The minimum absolute atomic E-state index is 0.119. The maximum absolute atomic E-state index is 14.0. The van der Waals surface area contributed by atoms with Crippen LogP contribution in [-0.4, -0.2) is 50.7 Å². The number of anilines is 1. The van der Waals surface area contributed by atoms with Gasteiger partial charge >= 0.3 is 0 Å². The van der Waals surface area contributed by atoms with E-state index in [1.54, 1.807) is 17.0 Å². The normalized spacial score (nSPS) is 27.5. The third kappa shape index (κ3) is 6.10. The molecule has 0 aromatic heterocycles. The van der Waals surface area contributed by atoms with Crippen molar-refractivity contribution in [1.29, 1.82) is 0 Å². The van der Waals surface area contributed by atoms with Crippen LogP contribution in [0.4, 0.5) is 10.1 Å². The fourth-order valence-electron chi connectivity index (χ4n) is 5.00. The van der Waals surface area contributed by atoms with E-state index in [0.717, 1.165) is 57.4 Å². The summed E-state index contributed by atoms with van der Waals surface area (Å²) in [7, 11) is 0. The van der Waals surface area contributed by atoms with E-state index in [-0.39, 0.29) is 11.1 Å². The van der Waals surface area contributed by atoms with Crippen LogP contribution in [0.5, 0.6) is 0 Å². The Kier molecular flexibility index (Phi) is 7.09. The van der Waals surface area contributed by atoms with Crippen LogP contribution in [0.1, 0.15) is 40.0 Å². The molecule has 1 saturated heterocycles. The second-order valence-corrected chi connectivity index (χ2v) is 10.1. The number of hydrogen-bond acceptors (Lipinski definition) is 3. The van der Waals surface area contributed by atoms with Crippen molar-refractivity contribution in [3.63, 3.8) is 0 Å². The molecule has 0 amide bonds. The molecule has 0 radical (unpaired) electrons. The van der Waals surface area contributed by atoms with Gasteiger partial charge in [0.2, 0.25) is 0 Å². The number of nitrogens with one attached hydrogen (secondary N) is 1. The maximum atomic E-state index is 14.0. The molecule has 1 aromatic rings. The van der Waals surface area contributed by atoms with Crippen LogP contribution < -0.4 is 9.80 Å². The van der Waals surface area contributed by atoms with E-state index >= 15 is 0 Å². The summed E-state index contributed by atoms with van der Waals surface area (Å²) in [6, 6.07) is 7.08. The summed E-state index contributed by atoms with van der Waals surface area (Å²) in [5, 5.41) is 0.264. The Hall–Kier alpha value is -0.780. The minimum atomic E-state index is -0.119. The van der Waals surface area contributed by atoms with Gasteiger partial charge in [-0.2, -0.15) is 12.6 Å². The summed E-state index contributed by atoms with van der Waals surface area (Å²) in [5.74, 6) is 0.625. The first-order valence-corrected chi connectivity index (χ1v) is 11.0. The molecule has 27 heavy (non-hydrogen) atoms. The summed E-state index contributed by atoms with van der Waals surface area (Å²) >= 11 is 4.80. The molecule has 5 heteroatoms. The SMILES string of the molecule is C[C@@H]1C[C@@H](OC[C@H](S)C[NH+]2CCN(c3ccccc3F)CC2)CC(C)(C)C1. The van der Waals surface area contributed by atoms with Crippen molar-refractivity contribution >= 4 is 18.3 Å². The lowest BCUT2D eigenvalue weighted by Crippen LogP contribution is -3.15. The largest absolute Gasteiger partial charge is 0.377 e. The van der Waals surface area contributed by atoms with Crippen LogP contribution in [-0.2, 0) is 4.74 Å². The van der Waals surface area contributed by atoms with E-state index in [0.29, 0.717) is 11.5 Å². The quantitative estimate of drug-likeness (QED) is 0.721. The molecule has 0 bridgehead atoms. The van der Waals surface area contributed by atoms with Gasteiger partial charge in [-0.05, 0) is 42.7 Å². The molecule has 2 fully saturated rings. The van der Waals surface area contributed by atoms with Gasteiger partial charge in [0.25, 0.3) is 0 Å². The number of ether oxygens (including phenoxy) is 1. The van der Waals surface area contributed by atoms with Crippen molar-refractivity contribution in [2.75, 3.05) is 44.2 Å². The van der Waals surface area contributed by atoms with Crippen LogP contribution in [0.3, 0.4) is 0 Å². The Morgan fingerprint density at radius 3 is 2.63 bits per heavy atom. The minimum Gasteiger partial charge on any atom is -0.377 e. The van der Waals surface area contributed by atoms with E-state index < -0.39 is 0 Å². The number of halogens is 1. The van der Waals surface area contributed by atoms with Gasteiger partial charge in [-0.1, -0.05) is 32.9 Å². The number of quaternary nitrogens is 1. The first-order valence-electron chi connectivity index (χ1n) is 10.4. The topological polar surface area (TPSA) is 16.9 Å². The van der Waals surface area contributed by atoms with Crippen LogP contribution in [0.25, 0.3) is 0 Å². The van der Waals surface area contributed by atoms with E-state index in [2.05, 4.69) is 25.7 Å². The van der Waals surface area contributed by atoms with Gasteiger partial charge < -0.3 is 14.5 Å². The zero-order valence-electron chi connectivity index (χ0n) is 17.1. The van der Waals surface area contributed by atoms with Gasteiger partial charge in [0, 0.05) is 0 Å². The molecule has 3 nitrogen and oxygen atoms in total. The maximum Gasteiger partial charge on any atom is 0.146 e. The van der Waals surface area contributed by atoms with E-state index in [1.807, 2.05) is 12.1 Å². The zero-order chi connectivity index (χ0) is 19.4. The molecule has 0 unspecified atom stereocenters. The Balaban J connectivity index is 1.39. The van der Waals surface area contributed by atoms with E-state index in [4.69, 9.17) is 17.4 Å². The summed E-state index contributed by atoms with van der Waals surface area (Å²) in [6.07, 6.45) is 4.02. The fourth-order valence-corrected chi connectivity index (χ4v) is 5.35. The number of para-hydroxylation sites is 1. The van der Waals surface area contributed by atoms with Gasteiger partial charge in [-0.25, -0.2) is 4.39 Å². The first-order chi connectivity index (χ1) is 12.8. The van der Waals surface area contributed by atoms with Gasteiger partial charge in [0.1, 0.15) is 5.82 Å². The standard InChI is InChI=1S/C22H35FN2OS/c1-17-12-18(14-22(2,3)13-17)26-16-19(27)15-24-8-10-25(11-9-24)21-7-5-4-6-20(21)23/h4-7,17-19,27H,8-16H2,1-3H3/p+1/t17-,18-,19-/m1/s1. The lowest BCUT2D eigenvalue weighted by molar-refractivity contribution is -0.900. The van der Waals surface area contributed by atoms with Gasteiger partial charge in [0.15, 0.2) is 0 Å². The number of hydrogen-bond donors (Lipinski definition) is 2. The monoisotopic (exact) mass is 395 g/mol. The zero-order valence-corrected chi connectivity index (χ0v) is 18.0. The third-order valence-corrected chi connectivity index (χ3v) is 6.39. The molecule has 1 heterocycles. The Bertz CT molecular complexity index is 604. The molecule has 2 aliphatic rings. The number of thiol groups is 1. The summed E-state index contributed by atoms with van der Waals surface area (Å²) in [6.45, 7) is 12.6. The number of piperazine rings is 1. The highest BCUT2D eigenvalue weighted by atomic mass is 32.1. The van der Waals surface area contributed by atoms with Gasteiger partial charge in [-0.15, -0.1) is 0 Å². The molecule has 3 atom stereocenters. The number of benzene rings is 1. The van der Waals surface area contributed by atoms with Crippen LogP contribution in [0.15, 0.2) is 24.3 Å². The average Bonchev–Trinajstić information content (AvgIpc) is 2.60. The Morgan fingerprint density at radius 1 is 1.26 bits per heavy atom. The van der Waals surface area contributed by atoms with Crippen molar-refractivity contribution in [1.82, 2.24) is 0 Å². The summed E-state index contributed by atoms with van der Waals surface area (Å²) in [5.41, 5.74) is 1.12. The van der Waals surface area contributed by atoms with Crippen molar-refractivity contribution in [2.24, 2.45) is 11.3 Å². The van der Waals surface area contributed by atoms with Crippen LogP contribution in [0.2, 0.25) is 0 Å². The molecule has 1 N–H and O–H groups in total. The average molecular weight is 396 g/mol. The lowest BCUT2D eigenvalue weighted by atomic mass is 9.71. The predicted octanol–water partition coefficient (Wildman–Crippen LogP) is 3.06. The molecule has 1 aliphatic heterocycles. The second kappa shape index (κ2) is 9.15. The molecule has 1 aromatic carbocycles. The van der Waals surface area contributed by atoms with E-state index in [1.165, 1.54) is 12.8 Å². The molecule has 152 valence electrons. The summed E-state index contributed by atoms with van der Waals surface area (Å²) in [4.78, 5) is 3.71. The Labute approximate surface area is 169 Å². The van der Waals surface area contributed by atoms with E-state index in [9.17, 15) is 4.39 Å². The summed E-state index contributed by atoms with van der Waals surface area (Å²) < 4.78 is 20.2. The Morgan fingerprint density at radius 2 is 1.96 bits per heavy atom.